The SMILES string of the molecule is CCS(=O)(=O)N(C)C1=C(OC(C)=O)C(=O)C(C)(c2ccc(Cl)c(Cl)c2)O1. The zero-order chi connectivity index (χ0) is 19.9. The van der Waals surface area contributed by atoms with E-state index in [1.165, 1.54) is 39.1 Å². The Labute approximate surface area is 161 Å². The average Bonchev–Trinajstić information content (AvgIpc) is 2.82. The zero-order valence-electron chi connectivity index (χ0n) is 14.5. The molecule has 0 spiro atoms. The summed E-state index contributed by atoms with van der Waals surface area (Å²) in [6.45, 7) is 3.96. The highest BCUT2D eigenvalue weighted by Crippen LogP contribution is 2.42. The standard InChI is InChI=1S/C16H17Cl2NO6S/c1-5-26(22,23)19(4)15-13(24-9(2)20)14(21)16(3,25-15)10-6-7-11(17)12(18)8-10/h6-8H,5H2,1-4H3. The molecular weight excluding hydrogens is 405 g/mol. The predicted molar refractivity (Wildman–Crippen MR) is 95.9 cm³/mol. The number of rotatable bonds is 5. The molecule has 1 aliphatic rings. The molecule has 0 amide bonds. The van der Waals surface area contributed by atoms with E-state index in [0.29, 0.717) is 5.56 Å². The fraction of sp³-hybridized carbons (Fsp3) is 0.375. The minimum atomic E-state index is -3.76. The third-order valence-electron chi connectivity index (χ3n) is 3.92. The maximum atomic E-state index is 12.9. The first kappa shape index (κ1) is 20.5. The summed E-state index contributed by atoms with van der Waals surface area (Å²) in [4.78, 5) is 24.3. The lowest BCUT2D eigenvalue weighted by Crippen LogP contribution is -2.33. The van der Waals surface area contributed by atoms with Gasteiger partial charge in [0.05, 0.1) is 15.8 Å². The summed E-state index contributed by atoms with van der Waals surface area (Å²) in [5, 5.41) is 0.474. The molecule has 2 rings (SSSR count). The molecule has 0 N–H and O–H groups in total. The van der Waals surface area contributed by atoms with Gasteiger partial charge in [-0.05, 0) is 26.0 Å². The maximum Gasteiger partial charge on any atom is 0.308 e. The zero-order valence-corrected chi connectivity index (χ0v) is 16.8. The first-order chi connectivity index (χ1) is 11.9. The summed E-state index contributed by atoms with van der Waals surface area (Å²) in [7, 11) is -2.55. The van der Waals surface area contributed by atoms with Gasteiger partial charge in [0.1, 0.15) is 0 Å². The number of carbonyl (C=O) groups excluding carboxylic acids is 2. The van der Waals surface area contributed by atoms with E-state index in [0.717, 1.165) is 11.2 Å². The lowest BCUT2D eigenvalue weighted by atomic mass is 9.91. The number of halogens is 2. The second-order valence-electron chi connectivity index (χ2n) is 5.69. The Bertz CT molecular complexity index is 911. The number of hydrogen-bond acceptors (Lipinski definition) is 6. The van der Waals surface area contributed by atoms with Gasteiger partial charge < -0.3 is 9.47 Å². The van der Waals surface area contributed by atoms with Crippen LogP contribution in [-0.4, -0.2) is 37.3 Å². The number of hydrogen-bond donors (Lipinski definition) is 0. The van der Waals surface area contributed by atoms with Crippen LogP contribution in [0.2, 0.25) is 10.0 Å². The van der Waals surface area contributed by atoms with E-state index >= 15 is 0 Å². The van der Waals surface area contributed by atoms with Crippen LogP contribution in [0.4, 0.5) is 0 Å². The lowest BCUT2D eigenvalue weighted by Gasteiger charge is -2.26. The van der Waals surface area contributed by atoms with Crippen LogP contribution in [0.3, 0.4) is 0 Å². The van der Waals surface area contributed by atoms with Crippen molar-refractivity contribution < 1.29 is 27.5 Å². The van der Waals surface area contributed by atoms with Crippen molar-refractivity contribution in [2.45, 2.75) is 26.4 Å². The van der Waals surface area contributed by atoms with Crippen molar-refractivity contribution in [3.63, 3.8) is 0 Å². The number of sulfonamides is 1. The largest absolute Gasteiger partial charge is 0.456 e. The van der Waals surface area contributed by atoms with Gasteiger partial charge in [0.25, 0.3) is 11.7 Å². The summed E-state index contributed by atoms with van der Waals surface area (Å²) in [5.74, 6) is -2.57. The normalized spacial score (nSPS) is 20.2. The summed E-state index contributed by atoms with van der Waals surface area (Å²) < 4.78 is 35.8. The second-order valence-corrected chi connectivity index (χ2v) is 8.79. The molecule has 0 saturated heterocycles. The van der Waals surface area contributed by atoms with E-state index in [4.69, 9.17) is 32.7 Å². The second kappa shape index (κ2) is 7.09. The number of ether oxygens (including phenoxy) is 2. The highest BCUT2D eigenvalue weighted by atomic mass is 35.5. The summed E-state index contributed by atoms with van der Waals surface area (Å²) >= 11 is 11.9. The van der Waals surface area contributed by atoms with Gasteiger partial charge in [-0.2, -0.15) is 0 Å². The van der Waals surface area contributed by atoms with Crippen molar-refractivity contribution in [3.05, 3.63) is 45.5 Å². The quantitative estimate of drug-likeness (QED) is 0.678. The predicted octanol–water partition coefficient (Wildman–Crippen LogP) is 2.82. The third-order valence-corrected chi connectivity index (χ3v) is 6.39. The number of Topliss-reactive ketones (excluding diaryl/α,β-unsaturated/α-hetero) is 1. The van der Waals surface area contributed by atoms with Crippen LogP contribution in [0, 0.1) is 0 Å². The number of benzene rings is 1. The van der Waals surface area contributed by atoms with Crippen molar-refractivity contribution in [2.75, 3.05) is 12.8 Å². The molecule has 26 heavy (non-hydrogen) atoms. The Hall–Kier alpha value is -1.77. The van der Waals surface area contributed by atoms with E-state index in [1.54, 1.807) is 0 Å². The molecule has 0 aromatic heterocycles. The van der Waals surface area contributed by atoms with Crippen molar-refractivity contribution in [3.8, 4) is 0 Å². The highest BCUT2D eigenvalue weighted by Gasteiger charge is 2.51. The summed E-state index contributed by atoms with van der Waals surface area (Å²) in [6.07, 6.45) is 0. The topological polar surface area (TPSA) is 90.0 Å². The average molecular weight is 422 g/mol. The van der Waals surface area contributed by atoms with Crippen LogP contribution in [-0.2, 0) is 34.7 Å². The lowest BCUT2D eigenvalue weighted by molar-refractivity contribution is -0.142. The summed E-state index contributed by atoms with van der Waals surface area (Å²) in [6, 6.07) is 4.44. The Morgan fingerprint density at radius 3 is 2.42 bits per heavy atom. The molecule has 10 heteroatoms. The van der Waals surface area contributed by atoms with Gasteiger partial charge >= 0.3 is 5.97 Å². The van der Waals surface area contributed by atoms with Crippen LogP contribution in [0.5, 0.6) is 0 Å². The van der Waals surface area contributed by atoms with Gasteiger partial charge in [-0.15, -0.1) is 0 Å². The molecule has 142 valence electrons. The molecule has 1 aromatic carbocycles. The molecule has 1 aliphatic heterocycles. The number of esters is 1. The molecule has 0 saturated carbocycles. The molecule has 1 atom stereocenters. The van der Waals surface area contributed by atoms with E-state index in [-0.39, 0.29) is 21.7 Å². The minimum absolute atomic E-state index is 0.193. The van der Waals surface area contributed by atoms with Crippen molar-refractivity contribution in [1.29, 1.82) is 0 Å². The third kappa shape index (κ3) is 3.54. The Balaban J connectivity index is 2.58. The van der Waals surface area contributed by atoms with Gasteiger partial charge in [-0.25, -0.2) is 12.7 Å². The molecule has 1 heterocycles. The first-order valence-corrected chi connectivity index (χ1v) is 9.89. The Kier molecular flexibility index (Phi) is 5.60. The van der Waals surface area contributed by atoms with Gasteiger partial charge in [-0.1, -0.05) is 29.3 Å². The monoisotopic (exact) mass is 421 g/mol. The summed E-state index contributed by atoms with van der Waals surface area (Å²) in [5.41, 5.74) is -1.30. The van der Waals surface area contributed by atoms with Crippen LogP contribution >= 0.6 is 23.2 Å². The van der Waals surface area contributed by atoms with Gasteiger partial charge in [0.2, 0.25) is 15.8 Å². The molecule has 0 bridgehead atoms. The minimum Gasteiger partial charge on any atom is -0.456 e. The Morgan fingerprint density at radius 1 is 1.31 bits per heavy atom. The maximum absolute atomic E-state index is 12.9. The van der Waals surface area contributed by atoms with Crippen molar-refractivity contribution >= 4 is 45.0 Å². The molecule has 0 aliphatic carbocycles. The van der Waals surface area contributed by atoms with Gasteiger partial charge in [-0.3, -0.25) is 9.59 Å². The fourth-order valence-corrected chi connectivity index (χ4v) is 3.40. The van der Waals surface area contributed by atoms with Crippen molar-refractivity contribution in [2.24, 2.45) is 0 Å². The van der Waals surface area contributed by atoms with E-state index < -0.39 is 33.1 Å². The first-order valence-electron chi connectivity index (χ1n) is 7.52. The highest BCUT2D eigenvalue weighted by molar-refractivity contribution is 7.89. The van der Waals surface area contributed by atoms with E-state index in [9.17, 15) is 18.0 Å². The Morgan fingerprint density at radius 2 is 1.92 bits per heavy atom. The fourth-order valence-electron chi connectivity index (χ4n) is 2.34. The smallest absolute Gasteiger partial charge is 0.308 e. The van der Waals surface area contributed by atoms with Gasteiger partial charge in [0.15, 0.2) is 5.60 Å². The van der Waals surface area contributed by atoms with E-state index in [2.05, 4.69) is 0 Å². The molecule has 7 nitrogen and oxygen atoms in total. The molecule has 0 fully saturated rings. The van der Waals surface area contributed by atoms with Crippen molar-refractivity contribution in [1.82, 2.24) is 4.31 Å². The van der Waals surface area contributed by atoms with Crippen LogP contribution in [0.1, 0.15) is 26.3 Å². The molecule has 1 aromatic rings. The molecular formula is C16H17Cl2NO6S. The van der Waals surface area contributed by atoms with Crippen LogP contribution < -0.4 is 0 Å². The number of ketones is 1. The van der Waals surface area contributed by atoms with Crippen LogP contribution in [0.25, 0.3) is 0 Å². The number of carbonyl (C=O) groups is 2. The molecule has 1 unspecified atom stereocenters. The number of nitrogens with zero attached hydrogens (tertiary/aromatic N) is 1. The van der Waals surface area contributed by atoms with E-state index in [1.807, 2.05) is 0 Å². The van der Waals surface area contributed by atoms with Crippen LogP contribution in [0.15, 0.2) is 29.8 Å². The molecule has 0 radical (unpaired) electrons. The van der Waals surface area contributed by atoms with Gasteiger partial charge in [0, 0.05) is 19.5 Å².